The highest BCUT2D eigenvalue weighted by atomic mass is 32.1. The minimum atomic E-state index is -0.752. The fraction of sp³-hybridized carbons (Fsp3) is 0.167. The Labute approximate surface area is 172 Å². The molecule has 1 heterocycles. The number of nitrogens with zero attached hydrogens (tertiary/aromatic N) is 4. The molecule has 0 atom stereocenters. The van der Waals surface area contributed by atoms with E-state index in [4.69, 9.17) is 0 Å². The summed E-state index contributed by atoms with van der Waals surface area (Å²) in [5, 5.41) is 22.2. The maximum Gasteiger partial charge on any atom is 0.325 e. The lowest BCUT2D eigenvalue weighted by Gasteiger charge is -2.03. The number of hydrogen-bond acceptors (Lipinski definition) is 8. The van der Waals surface area contributed by atoms with Crippen molar-refractivity contribution in [2.45, 2.75) is 13.5 Å². The molecule has 0 bridgehead atoms. The summed E-state index contributed by atoms with van der Waals surface area (Å²) in [6.07, 6.45) is 0. The molecule has 0 saturated carbocycles. The SMILES string of the molecule is COC(=O)Cn1c(=NC(=O)c2ccc(C)c([N+](=O)[O-])c2)sc2cc([N+](=O)[O-])ccc21. The molecular formula is C18H14N4O7S. The van der Waals surface area contributed by atoms with Crippen LogP contribution >= 0.6 is 11.3 Å². The zero-order valence-electron chi connectivity index (χ0n) is 15.7. The second-order valence-corrected chi connectivity index (χ2v) is 7.14. The van der Waals surface area contributed by atoms with Gasteiger partial charge in [0.05, 0.1) is 27.2 Å². The molecule has 0 saturated heterocycles. The Morgan fingerprint density at radius 3 is 2.50 bits per heavy atom. The summed E-state index contributed by atoms with van der Waals surface area (Å²) < 4.78 is 6.51. The molecule has 0 aliphatic rings. The molecule has 12 heteroatoms. The van der Waals surface area contributed by atoms with Crippen molar-refractivity contribution < 1.29 is 24.2 Å². The van der Waals surface area contributed by atoms with E-state index >= 15 is 0 Å². The number of nitro benzene ring substituents is 2. The number of carbonyl (C=O) groups is 2. The van der Waals surface area contributed by atoms with Gasteiger partial charge in [-0.05, 0) is 19.1 Å². The lowest BCUT2D eigenvalue weighted by Crippen LogP contribution is -2.22. The number of rotatable bonds is 5. The smallest absolute Gasteiger partial charge is 0.325 e. The molecule has 0 aliphatic heterocycles. The Morgan fingerprint density at radius 2 is 1.87 bits per heavy atom. The average Bonchev–Trinajstić information content (AvgIpc) is 3.03. The van der Waals surface area contributed by atoms with E-state index in [1.54, 1.807) is 6.92 Å². The minimum Gasteiger partial charge on any atom is -0.468 e. The summed E-state index contributed by atoms with van der Waals surface area (Å²) in [4.78, 5) is 49.6. The third-order valence-corrected chi connectivity index (χ3v) is 5.28. The fourth-order valence-electron chi connectivity index (χ4n) is 2.70. The Hall–Kier alpha value is -3.93. The van der Waals surface area contributed by atoms with Gasteiger partial charge in [0.15, 0.2) is 4.80 Å². The number of benzene rings is 2. The van der Waals surface area contributed by atoms with Crippen molar-refractivity contribution in [1.82, 2.24) is 4.57 Å². The molecule has 0 N–H and O–H groups in total. The van der Waals surface area contributed by atoms with Crippen molar-refractivity contribution in [1.29, 1.82) is 0 Å². The molecule has 3 aromatic rings. The topological polar surface area (TPSA) is 147 Å². The average molecular weight is 430 g/mol. The standard InChI is InChI=1S/C18H14N4O7S/c1-10-3-4-11(7-14(10)22(27)28)17(24)19-18-20(9-16(23)29-2)13-6-5-12(21(25)26)8-15(13)30-18/h3-8H,9H2,1-2H3. The van der Waals surface area contributed by atoms with Gasteiger partial charge in [0.1, 0.15) is 6.54 Å². The molecule has 3 rings (SSSR count). The molecule has 2 aromatic carbocycles. The van der Waals surface area contributed by atoms with Gasteiger partial charge in [-0.15, -0.1) is 0 Å². The maximum absolute atomic E-state index is 12.6. The van der Waals surface area contributed by atoms with Crippen LogP contribution in [0, 0.1) is 27.2 Å². The van der Waals surface area contributed by atoms with Gasteiger partial charge >= 0.3 is 5.97 Å². The summed E-state index contributed by atoms with van der Waals surface area (Å²) >= 11 is 0.974. The molecule has 1 amide bonds. The van der Waals surface area contributed by atoms with Crippen molar-refractivity contribution >= 4 is 44.8 Å². The Kier molecular flexibility index (Phi) is 5.69. The van der Waals surface area contributed by atoms with E-state index in [0.717, 1.165) is 17.4 Å². The van der Waals surface area contributed by atoms with Gasteiger partial charge in [0.25, 0.3) is 17.3 Å². The molecular weight excluding hydrogens is 416 g/mol. The molecule has 0 radical (unpaired) electrons. The molecule has 0 fully saturated rings. The first kappa shape index (κ1) is 20.8. The van der Waals surface area contributed by atoms with Crippen LogP contribution in [0.1, 0.15) is 15.9 Å². The predicted octanol–water partition coefficient (Wildman–Crippen LogP) is 2.74. The first-order valence-corrected chi connectivity index (χ1v) is 9.21. The predicted molar refractivity (Wildman–Crippen MR) is 106 cm³/mol. The van der Waals surface area contributed by atoms with Gasteiger partial charge in [0.2, 0.25) is 0 Å². The number of hydrogen-bond donors (Lipinski definition) is 0. The fourth-order valence-corrected chi connectivity index (χ4v) is 3.76. The summed E-state index contributed by atoms with van der Waals surface area (Å²) in [7, 11) is 1.20. The second kappa shape index (κ2) is 8.21. The molecule has 30 heavy (non-hydrogen) atoms. The van der Waals surface area contributed by atoms with E-state index in [9.17, 15) is 29.8 Å². The van der Waals surface area contributed by atoms with E-state index in [1.807, 2.05) is 0 Å². The number of amides is 1. The van der Waals surface area contributed by atoms with Crippen molar-refractivity contribution in [3.05, 3.63) is 72.6 Å². The summed E-state index contributed by atoms with van der Waals surface area (Å²) in [6.45, 7) is 1.28. The number of esters is 1. The minimum absolute atomic E-state index is 0.000328. The zero-order chi connectivity index (χ0) is 22.0. The van der Waals surface area contributed by atoms with E-state index in [0.29, 0.717) is 15.8 Å². The molecule has 0 spiro atoms. The quantitative estimate of drug-likeness (QED) is 0.343. The van der Waals surface area contributed by atoms with Crippen LogP contribution in [-0.4, -0.2) is 33.4 Å². The van der Waals surface area contributed by atoms with Crippen LogP contribution in [0.3, 0.4) is 0 Å². The Morgan fingerprint density at radius 1 is 1.13 bits per heavy atom. The van der Waals surface area contributed by atoms with Crippen molar-refractivity contribution in [2.24, 2.45) is 4.99 Å². The van der Waals surface area contributed by atoms with Crippen molar-refractivity contribution in [2.75, 3.05) is 7.11 Å². The van der Waals surface area contributed by atoms with Crippen LogP contribution in [0.5, 0.6) is 0 Å². The van der Waals surface area contributed by atoms with Gasteiger partial charge in [-0.25, -0.2) is 0 Å². The van der Waals surface area contributed by atoms with Crippen LogP contribution in [0.15, 0.2) is 41.4 Å². The number of aromatic nitrogens is 1. The van der Waals surface area contributed by atoms with Crippen molar-refractivity contribution in [3.63, 3.8) is 0 Å². The number of methoxy groups -OCH3 is 1. The summed E-state index contributed by atoms with van der Waals surface area (Å²) in [5.41, 5.74) is 0.482. The molecule has 0 unspecified atom stereocenters. The number of ether oxygens (including phenoxy) is 1. The highest BCUT2D eigenvalue weighted by Crippen LogP contribution is 2.24. The van der Waals surface area contributed by atoms with Gasteiger partial charge in [-0.2, -0.15) is 4.99 Å². The van der Waals surface area contributed by atoms with Crippen LogP contribution < -0.4 is 4.80 Å². The Bertz CT molecular complexity index is 1280. The van der Waals surface area contributed by atoms with E-state index in [1.165, 1.54) is 42.0 Å². The molecule has 11 nitrogen and oxygen atoms in total. The lowest BCUT2D eigenvalue weighted by molar-refractivity contribution is -0.385. The normalized spacial score (nSPS) is 11.5. The van der Waals surface area contributed by atoms with Crippen LogP contribution in [-0.2, 0) is 16.1 Å². The van der Waals surface area contributed by atoms with E-state index in [-0.39, 0.29) is 28.3 Å². The van der Waals surface area contributed by atoms with Crippen LogP contribution in [0.2, 0.25) is 0 Å². The zero-order valence-corrected chi connectivity index (χ0v) is 16.5. The van der Waals surface area contributed by atoms with Gasteiger partial charge in [0, 0.05) is 29.3 Å². The third kappa shape index (κ3) is 4.07. The second-order valence-electron chi connectivity index (χ2n) is 6.13. The Balaban J connectivity index is 2.16. The van der Waals surface area contributed by atoms with Crippen LogP contribution in [0.4, 0.5) is 11.4 Å². The number of carbonyl (C=O) groups excluding carboxylic acids is 2. The number of aryl methyl sites for hydroxylation is 1. The van der Waals surface area contributed by atoms with Crippen molar-refractivity contribution in [3.8, 4) is 0 Å². The van der Waals surface area contributed by atoms with Gasteiger partial charge in [-0.3, -0.25) is 29.8 Å². The lowest BCUT2D eigenvalue weighted by atomic mass is 10.1. The first-order valence-electron chi connectivity index (χ1n) is 8.40. The van der Waals surface area contributed by atoms with Gasteiger partial charge < -0.3 is 9.30 Å². The number of nitro groups is 2. The maximum atomic E-state index is 12.6. The van der Waals surface area contributed by atoms with Gasteiger partial charge in [-0.1, -0.05) is 17.4 Å². The summed E-state index contributed by atoms with van der Waals surface area (Å²) in [5.74, 6) is -1.36. The monoisotopic (exact) mass is 430 g/mol. The largest absolute Gasteiger partial charge is 0.468 e. The van der Waals surface area contributed by atoms with E-state index < -0.39 is 21.7 Å². The summed E-state index contributed by atoms with van der Waals surface area (Å²) in [6, 6.07) is 8.03. The van der Waals surface area contributed by atoms with E-state index in [2.05, 4.69) is 9.73 Å². The first-order chi connectivity index (χ1) is 14.2. The van der Waals surface area contributed by atoms with Crippen LogP contribution in [0.25, 0.3) is 10.2 Å². The molecule has 1 aromatic heterocycles. The highest BCUT2D eigenvalue weighted by Gasteiger charge is 2.17. The molecule has 0 aliphatic carbocycles. The highest BCUT2D eigenvalue weighted by molar-refractivity contribution is 7.16. The molecule has 154 valence electrons. The number of fused-ring (bicyclic) bond motifs is 1. The third-order valence-electron chi connectivity index (χ3n) is 4.24. The number of non-ortho nitro benzene ring substituents is 1. The number of thiazole rings is 1.